The summed E-state index contributed by atoms with van der Waals surface area (Å²) < 4.78 is 0. The second-order valence-electron chi connectivity index (χ2n) is 7.79. The van der Waals surface area contributed by atoms with Crippen molar-refractivity contribution in [3.05, 3.63) is 35.4 Å². The molecule has 5 nitrogen and oxygen atoms in total. The van der Waals surface area contributed by atoms with Crippen molar-refractivity contribution in [2.24, 2.45) is 5.92 Å². The van der Waals surface area contributed by atoms with Gasteiger partial charge in [0.15, 0.2) is 0 Å². The van der Waals surface area contributed by atoms with E-state index in [1.165, 1.54) is 18.4 Å². The molecule has 138 valence electrons. The number of carbonyl (C=O) groups is 1. The lowest BCUT2D eigenvalue weighted by atomic mass is 10.1. The first kappa shape index (κ1) is 18.4. The van der Waals surface area contributed by atoms with E-state index in [4.69, 9.17) is 0 Å². The normalized spacial score (nSPS) is 21.8. The van der Waals surface area contributed by atoms with E-state index < -0.39 is 0 Å². The second-order valence-corrected chi connectivity index (χ2v) is 7.79. The van der Waals surface area contributed by atoms with Crippen LogP contribution in [0.3, 0.4) is 0 Å². The number of hydrogen-bond acceptors (Lipinski definition) is 4. The van der Waals surface area contributed by atoms with Gasteiger partial charge < -0.3 is 14.9 Å². The predicted molar refractivity (Wildman–Crippen MR) is 99.5 cm³/mol. The molecule has 3 rings (SSSR count). The zero-order valence-corrected chi connectivity index (χ0v) is 15.5. The van der Waals surface area contributed by atoms with Crippen molar-refractivity contribution >= 4 is 5.91 Å². The number of benzene rings is 1. The van der Waals surface area contributed by atoms with Crippen LogP contribution in [0.5, 0.6) is 0 Å². The molecule has 1 aliphatic heterocycles. The Morgan fingerprint density at radius 2 is 1.92 bits per heavy atom. The fourth-order valence-electron chi connectivity index (χ4n) is 3.67. The second kappa shape index (κ2) is 8.30. The lowest BCUT2D eigenvalue weighted by molar-refractivity contribution is 0.0407. The fraction of sp³-hybridized carbons (Fsp3) is 0.650. The zero-order valence-electron chi connectivity index (χ0n) is 15.5. The molecule has 1 heterocycles. The minimum atomic E-state index is 0.116. The number of piperazine rings is 1. The number of hydrogen-bond donors (Lipinski definition) is 1. The molecule has 1 aromatic carbocycles. The van der Waals surface area contributed by atoms with Crippen LogP contribution in [0.2, 0.25) is 0 Å². The van der Waals surface area contributed by atoms with Crippen LogP contribution in [0.1, 0.15) is 35.2 Å². The van der Waals surface area contributed by atoms with Crippen molar-refractivity contribution in [2.75, 3.05) is 46.9 Å². The third-order valence-corrected chi connectivity index (χ3v) is 5.24. The monoisotopic (exact) mass is 345 g/mol. The van der Waals surface area contributed by atoms with E-state index in [2.05, 4.69) is 9.80 Å². The van der Waals surface area contributed by atoms with Gasteiger partial charge in [0, 0.05) is 50.9 Å². The molecular weight excluding hydrogens is 314 g/mol. The number of aliphatic hydroxyl groups excluding tert-OH is 1. The Labute approximate surface area is 151 Å². The van der Waals surface area contributed by atoms with E-state index in [1.54, 1.807) is 0 Å². The summed E-state index contributed by atoms with van der Waals surface area (Å²) in [6, 6.07) is 8.26. The molecule has 1 saturated carbocycles. The van der Waals surface area contributed by atoms with Crippen LogP contribution in [-0.4, -0.2) is 78.6 Å². The molecule has 1 N–H and O–H groups in total. The van der Waals surface area contributed by atoms with Crippen molar-refractivity contribution in [2.45, 2.75) is 31.8 Å². The summed E-state index contributed by atoms with van der Waals surface area (Å²) >= 11 is 0. The van der Waals surface area contributed by atoms with Gasteiger partial charge in [0.25, 0.3) is 5.91 Å². The number of aliphatic hydroxyl groups is 1. The summed E-state index contributed by atoms with van der Waals surface area (Å²) in [6.45, 7) is 4.63. The van der Waals surface area contributed by atoms with Crippen LogP contribution in [0, 0.1) is 5.92 Å². The average molecular weight is 345 g/mol. The molecule has 1 saturated heterocycles. The predicted octanol–water partition coefficient (Wildman–Crippen LogP) is 1.67. The first-order valence-corrected chi connectivity index (χ1v) is 9.44. The van der Waals surface area contributed by atoms with E-state index in [9.17, 15) is 9.90 Å². The summed E-state index contributed by atoms with van der Waals surface area (Å²) in [4.78, 5) is 19.4. The Hall–Kier alpha value is -1.43. The van der Waals surface area contributed by atoms with Crippen LogP contribution < -0.4 is 0 Å². The molecule has 0 spiro atoms. The highest BCUT2D eigenvalue weighted by molar-refractivity contribution is 5.94. The van der Waals surface area contributed by atoms with Crippen LogP contribution in [-0.2, 0) is 6.54 Å². The molecule has 2 aliphatic rings. The molecule has 5 heteroatoms. The topological polar surface area (TPSA) is 47.0 Å². The van der Waals surface area contributed by atoms with Gasteiger partial charge in [-0.25, -0.2) is 0 Å². The van der Waals surface area contributed by atoms with E-state index in [0.717, 1.165) is 50.6 Å². The number of carbonyl (C=O) groups excluding carboxylic acids is 1. The van der Waals surface area contributed by atoms with Gasteiger partial charge in [-0.3, -0.25) is 9.69 Å². The third-order valence-electron chi connectivity index (χ3n) is 5.24. The lowest BCUT2D eigenvalue weighted by Gasteiger charge is -2.41. The van der Waals surface area contributed by atoms with Gasteiger partial charge in [-0.15, -0.1) is 0 Å². The van der Waals surface area contributed by atoms with E-state index in [0.29, 0.717) is 0 Å². The molecule has 1 unspecified atom stereocenters. The minimum absolute atomic E-state index is 0.116. The number of rotatable bonds is 7. The molecule has 1 aromatic rings. The van der Waals surface area contributed by atoms with E-state index in [1.807, 2.05) is 43.3 Å². The Morgan fingerprint density at radius 3 is 2.52 bits per heavy atom. The Balaban J connectivity index is 1.61. The van der Waals surface area contributed by atoms with Crippen molar-refractivity contribution in [1.82, 2.24) is 14.7 Å². The van der Waals surface area contributed by atoms with Gasteiger partial charge in [0.2, 0.25) is 0 Å². The highest BCUT2D eigenvalue weighted by Gasteiger charge is 2.33. The highest BCUT2D eigenvalue weighted by atomic mass is 16.3. The highest BCUT2D eigenvalue weighted by Crippen LogP contribution is 2.31. The third kappa shape index (κ3) is 5.03. The van der Waals surface area contributed by atoms with Crippen molar-refractivity contribution in [3.63, 3.8) is 0 Å². The van der Waals surface area contributed by atoms with Gasteiger partial charge in [-0.1, -0.05) is 12.1 Å². The summed E-state index contributed by atoms with van der Waals surface area (Å²) in [5, 5.41) is 9.40. The summed E-state index contributed by atoms with van der Waals surface area (Å²) in [6.07, 6.45) is 3.42. The number of amides is 1. The summed E-state index contributed by atoms with van der Waals surface area (Å²) in [5.41, 5.74) is 1.98. The quantitative estimate of drug-likeness (QED) is 0.817. The van der Waals surface area contributed by atoms with E-state index in [-0.39, 0.29) is 18.6 Å². The molecule has 1 aliphatic carbocycles. The number of nitrogens with zero attached hydrogens (tertiary/aromatic N) is 3. The molecule has 1 amide bonds. The smallest absolute Gasteiger partial charge is 0.253 e. The fourth-order valence-corrected chi connectivity index (χ4v) is 3.67. The van der Waals surface area contributed by atoms with E-state index >= 15 is 0 Å². The minimum Gasteiger partial charge on any atom is -0.396 e. The standard InChI is InChI=1S/C20H31N3O2/c1-21(2)13-16-5-7-18(8-6-16)20(25)23-11-10-22(14-17-3-4-17)19(15-23)9-12-24/h5-8,17,19,24H,3-4,9-15H2,1-2H3. The van der Waals surface area contributed by atoms with Gasteiger partial charge in [0.1, 0.15) is 0 Å². The largest absolute Gasteiger partial charge is 0.396 e. The molecule has 0 aromatic heterocycles. The maximum atomic E-state index is 12.9. The molecule has 1 atom stereocenters. The Kier molecular flexibility index (Phi) is 6.10. The maximum absolute atomic E-state index is 12.9. The van der Waals surface area contributed by atoms with Crippen molar-refractivity contribution in [3.8, 4) is 0 Å². The molecule has 0 radical (unpaired) electrons. The summed E-state index contributed by atoms with van der Waals surface area (Å²) in [5.74, 6) is 0.957. The zero-order chi connectivity index (χ0) is 17.8. The van der Waals surface area contributed by atoms with Gasteiger partial charge in [0.05, 0.1) is 0 Å². The van der Waals surface area contributed by atoms with Gasteiger partial charge in [-0.2, -0.15) is 0 Å². The van der Waals surface area contributed by atoms with Gasteiger partial charge in [-0.05, 0) is 57.0 Å². The molecule has 25 heavy (non-hydrogen) atoms. The average Bonchev–Trinajstić information content (AvgIpc) is 3.40. The van der Waals surface area contributed by atoms with Crippen LogP contribution in [0.4, 0.5) is 0 Å². The van der Waals surface area contributed by atoms with Crippen LogP contribution in [0.15, 0.2) is 24.3 Å². The SMILES string of the molecule is CN(C)Cc1ccc(C(=O)N2CCN(CC3CC3)C(CCO)C2)cc1. The Morgan fingerprint density at radius 1 is 1.20 bits per heavy atom. The van der Waals surface area contributed by atoms with Crippen LogP contribution >= 0.6 is 0 Å². The summed E-state index contributed by atoms with van der Waals surface area (Å²) in [7, 11) is 4.09. The first-order chi connectivity index (χ1) is 12.1. The maximum Gasteiger partial charge on any atom is 0.253 e. The molecule has 0 bridgehead atoms. The van der Waals surface area contributed by atoms with Crippen molar-refractivity contribution < 1.29 is 9.90 Å². The van der Waals surface area contributed by atoms with Crippen molar-refractivity contribution in [1.29, 1.82) is 0 Å². The van der Waals surface area contributed by atoms with Gasteiger partial charge >= 0.3 is 0 Å². The Bertz CT molecular complexity index is 569. The first-order valence-electron chi connectivity index (χ1n) is 9.44. The lowest BCUT2D eigenvalue weighted by Crippen LogP contribution is -2.55. The molecule has 2 fully saturated rings. The molecular formula is C20H31N3O2. The van der Waals surface area contributed by atoms with Crippen LogP contribution in [0.25, 0.3) is 0 Å².